The van der Waals surface area contributed by atoms with E-state index in [0.29, 0.717) is 46.6 Å². The van der Waals surface area contributed by atoms with Crippen LogP contribution in [-0.2, 0) is 68.3 Å². The molecule has 0 bridgehead atoms. The average Bonchev–Trinajstić information content (AvgIpc) is 1.75. The Hall–Kier alpha value is -5.12. The van der Waals surface area contributed by atoms with Crippen molar-refractivity contribution in [3.63, 3.8) is 0 Å². The number of likely N-dealkylation sites (N-methyl/N-ethyl adjacent to an activating group) is 8. The minimum Gasteiger partial charge on any atom is -0.328 e. The van der Waals surface area contributed by atoms with Crippen LogP contribution in [0.2, 0.25) is 0 Å². The molecule has 8 heterocycles. The van der Waals surface area contributed by atoms with Gasteiger partial charge in [-0.25, -0.2) is 114 Å². The van der Waals surface area contributed by atoms with Gasteiger partial charge in [0.1, 0.15) is 0 Å². The van der Waals surface area contributed by atoms with Crippen LogP contribution in [0.1, 0.15) is 0 Å². The fourth-order valence-corrected chi connectivity index (χ4v) is 4.19. The Morgan fingerprint density at radius 1 is 0.240 bits per heavy atom. The van der Waals surface area contributed by atoms with E-state index >= 15 is 0 Å². The van der Waals surface area contributed by atoms with E-state index in [0.717, 1.165) is 52.4 Å². The van der Waals surface area contributed by atoms with Crippen molar-refractivity contribution in [2.75, 3.05) is 165 Å². The molecule has 0 saturated heterocycles. The number of hydrogen-bond acceptors (Lipinski definition) is 44. The third-order valence-corrected chi connectivity index (χ3v) is 8.32. The van der Waals surface area contributed by atoms with Gasteiger partial charge in [0.05, 0.1) is 23.3 Å². The van der Waals surface area contributed by atoms with Gasteiger partial charge in [-0.05, 0) is 137 Å². The van der Waals surface area contributed by atoms with Gasteiger partial charge >= 0.3 is 68.3 Å². The monoisotopic (exact) mass is 1700 g/mol. The number of halogens is 4. The number of nitrogens with zero attached hydrogens (tertiary/aromatic N) is 32. The molecule has 4 radical (unpaired) electrons. The van der Waals surface area contributed by atoms with E-state index in [9.17, 15) is 0 Å². The second-order valence-corrected chi connectivity index (χ2v) is 22.1. The Bertz CT molecular complexity index is 2440. The molecule has 0 spiro atoms. The van der Waals surface area contributed by atoms with Gasteiger partial charge in [-0.15, -0.1) is 41.0 Å². The molecule has 0 aliphatic carbocycles. The third-order valence-electron chi connectivity index (χ3n) is 8.32. The molecule has 0 N–H and O–H groups in total. The van der Waals surface area contributed by atoms with Crippen molar-refractivity contribution in [3.05, 3.63) is 73.8 Å². The maximum Gasteiger partial charge on any atom is 2.00 e. The molecule has 580 valence electrons. The Labute approximate surface area is 627 Å². The molecule has 0 fully saturated rings. The first kappa shape index (κ1) is 111. The SMILES string of the molecule is CN(C)CCN(C)C.CN(C)CCN(C)C.CN(C)CCN(C)C.CN(C)CCN(C)C.[Cu+2].[Cu+2].[Cu+2].[Cu+2].[O-][Cl+3]([O-])([O-])[O-].[O-][Cl+3]([O-])([O-])[O-].[O-][Cl+3]([O-])([O-])[O-].[O-][Cl+3]([O-])([O-])[O-].c1cnc(-c2nnn[n-]2)nc1.c1cnc(-c2nnn[n-]2)nc1.c1cnc(-c2nnn[n-]2)nc1.c1cnc(-c2nnn[n-]2)nc1. The second-order valence-electron chi connectivity index (χ2n) is 19.0. The number of rotatable bonds is 16. The van der Waals surface area contributed by atoms with Crippen LogP contribution in [0.15, 0.2) is 73.8 Å². The number of hydrogen-bond donors (Lipinski definition) is 0. The van der Waals surface area contributed by atoms with Gasteiger partial charge in [0, 0.05) is 102 Å². The van der Waals surface area contributed by atoms with E-state index in [1.54, 1.807) is 73.8 Å². The van der Waals surface area contributed by atoms with E-state index in [1.807, 2.05) is 0 Å². The summed E-state index contributed by atoms with van der Waals surface area (Å²) in [7, 11) is 13.6. The topological polar surface area (TPSA) is 709 Å². The minimum atomic E-state index is -4.94. The molecule has 0 aliphatic heterocycles. The summed E-state index contributed by atoms with van der Waals surface area (Å²) in [5, 5.41) is 55.2. The maximum atomic E-state index is 8.49. The first-order chi connectivity index (χ1) is 44.4. The molecule has 0 unspecified atom stereocenters. The van der Waals surface area contributed by atoms with E-state index in [4.69, 9.17) is 74.5 Å². The molecule has 56 heteroatoms. The molecule has 0 atom stereocenters. The molecule has 0 amide bonds. The standard InChI is InChI=1S/4C6H16N2.4C5H3N6.4ClHO4.4Cu/c4*1-7(2)5-6-8(3)4;4*1-2-6-4(7-3-1)5-8-10-11-9-5;4*2-1(3,4)5;;;;/h4*5-6H2,1-4H3;4*1-3H;4*(H,2,3,4,5);;;;/q;;;;4*-1;;;;;4*+2/p-4. The summed E-state index contributed by atoms with van der Waals surface area (Å²) in [5.41, 5.74) is 0. The van der Waals surface area contributed by atoms with Crippen molar-refractivity contribution in [3.8, 4) is 46.6 Å². The zero-order valence-electron chi connectivity index (χ0n) is 56.1. The van der Waals surface area contributed by atoms with E-state index in [2.05, 4.69) is 274 Å². The van der Waals surface area contributed by atoms with Gasteiger partial charge in [-0.3, -0.25) is 41.2 Å². The smallest absolute Gasteiger partial charge is 0.328 e. The molecule has 0 aromatic carbocycles. The Kier molecular flexibility index (Phi) is 73.0. The summed E-state index contributed by atoms with van der Waals surface area (Å²) in [6.07, 6.45) is 12.9. The normalized spacial score (nSPS) is 10.3. The summed E-state index contributed by atoms with van der Waals surface area (Å²) in [6.45, 7) is 9.17. The van der Waals surface area contributed by atoms with Crippen LogP contribution in [0.4, 0.5) is 0 Å². The van der Waals surface area contributed by atoms with Crippen LogP contribution < -0.4 is 94.9 Å². The van der Waals surface area contributed by atoms with Crippen molar-refractivity contribution >= 4 is 0 Å². The van der Waals surface area contributed by atoms with Crippen molar-refractivity contribution in [1.82, 2.24) is 162 Å². The van der Waals surface area contributed by atoms with Crippen LogP contribution in [0.5, 0.6) is 0 Å². The van der Waals surface area contributed by atoms with Crippen LogP contribution >= 0.6 is 0 Å². The van der Waals surface area contributed by atoms with Crippen molar-refractivity contribution < 1.29 is 184 Å². The van der Waals surface area contributed by atoms with Gasteiger partial charge in [0.2, 0.25) is 0 Å². The molecular weight excluding hydrogens is 1630 g/mol. The van der Waals surface area contributed by atoms with E-state index in [-0.39, 0.29) is 68.3 Å². The van der Waals surface area contributed by atoms with Crippen LogP contribution in [0.25, 0.3) is 46.6 Å². The number of aromatic nitrogens is 24. The summed E-state index contributed by atoms with van der Waals surface area (Å²) in [5.74, 6) is 3.18. The van der Waals surface area contributed by atoms with Crippen LogP contribution in [0, 0.1) is 41.0 Å². The van der Waals surface area contributed by atoms with Crippen molar-refractivity contribution in [2.24, 2.45) is 0 Å². The zero-order chi connectivity index (χ0) is 74.4. The number of tetrazole rings is 4. The summed E-state index contributed by atoms with van der Waals surface area (Å²) in [6, 6.07) is 6.86. The Morgan fingerprint density at radius 3 is 0.430 bits per heavy atom. The quantitative estimate of drug-likeness (QED) is 0.0811. The van der Waals surface area contributed by atoms with Gasteiger partial charge < -0.3 is 59.6 Å². The first-order valence-electron chi connectivity index (χ1n) is 25.9. The minimum absolute atomic E-state index is 0. The second kappa shape index (κ2) is 65.9. The molecule has 100 heavy (non-hydrogen) atoms. The fraction of sp³-hybridized carbons (Fsp3) is 0.545. The summed E-state index contributed by atoms with van der Waals surface area (Å²) < 4.78 is 136. The third kappa shape index (κ3) is 94.9. The van der Waals surface area contributed by atoms with Crippen LogP contribution in [0.3, 0.4) is 0 Å². The van der Waals surface area contributed by atoms with E-state index in [1.165, 1.54) is 0 Å². The average molecular weight is 1710 g/mol. The predicted octanol–water partition coefficient (Wildman–Crippen LogP) is -21.5. The Balaban J connectivity index is -0.000000155. The van der Waals surface area contributed by atoms with Gasteiger partial charge in [0.25, 0.3) is 0 Å². The largest absolute Gasteiger partial charge is 2.00 e. The molecule has 8 aromatic heterocycles. The van der Waals surface area contributed by atoms with E-state index < -0.39 is 41.0 Å². The molecule has 0 aliphatic rings. The Morgan fingerprint density at radius 2 is 0.350 bits per heavy atom. The van der Waals surface area contributed by atoms with Crippen LogP contribution in [-0.4, -0.2) is 306 Å². The predicted molar refractivity (Wildman–Crippen MR) is 285 cm³/mol. The maximum absolute atomic E-state index is 8.49. The first-order valence-corrected chi connectivity index (χ1v) is 30.8. The molecule has 0 saturated carbocycles. The zero-order valence-corrected chi connectivity index (χ0v) is 62.9. The fourth-order valence-electron chi connectivity index (χ4n) is 4.19. The van der Waals surface area contributed by atoms with Crippen molar-refractivity contribution in [1.29, 1.82) is 0 Å². The van der Waals surface area contributed by atoms with Gasteiger partial charge in [-0.2, -0.15) is 20.9 Å². The molecule has 8 rings (SSSR count). The van der Waals surface area contributed by atoms with Gasteiger partial charge in [-0.1, -0.05) is 0 Å². The molecular formula is C44H76Cl4Cu4N32O16. The summed E-state index contributed by atoms with van der Waals surface area (Å²) >= 11 is 0. The van der Waals surface area contributed by atoms with Crippen molar-refractivity contribution in [2.45, 2.75) is 0 Å². The van der Waals surface area contributed by atoms with Gasteiger partial charge in [0.15, 0.2) is 23.3 Å². The molecule has 8 aromatic rings. The summed E-state index contributed by atoms with van der Waals surface area (Å²) in [4.78, 5) is 48.7. The molecule has 48 nitrogen and oxygen atoms in total.